The standard InChI is InChI=1S/C60H70ClF3N8O7S3/c1-41-36-69(37-42(2)72(41)38-43-10-18-50(19-11-43)71-29-26-56(73)66-58(71)75)28-25-48(40-80-51-8-6-5-7-9-51)65-54-23-22-52(34-55(54)81(76,77)60(62,63)64)82(78,79)67-57(74)45-14-20-49(21-15-45)70-32-30-68(31-33-70)39-46-35-59(3,4)27-24-53(46)44-12-16-47(61)17-13-44/h5-23,34,41-42,48,65H,24-33,35-40H2,1-4H3,(H,67,74)(H,66,73,75)/t41?,42?,48-/m1/s1. The molecule has 3 aliphatic heterocycles. The molecule has 0 spiro atoms. The van der Waals surface area contributed by atoms with Crippen LogP contribution < -0.4 is 25.2 Å². The number of anilines is 3. The van der Waals surface area contributed by atoms with Crippen molar-refractivity contribution in [3.05, 3.63) is 149 Å². The van der Waals surface area contributed by atoms with Gasteiger partial charge in [-0.3, -0.25) is 29.6 Å². The SMILES string of the molecule is CC1CN(CC[C@H](CSc2ccccc2)Nc2ccc(S(=O)(=O)NC(=O)c3ccc(N4CCN(CC5=C(c6ccc(Cl)cc6)CCC(C)(C)C5)CC4)cc3)cc2S(=O)(=O)C(F)(F)F)CC(C)N1Cc1ccc(N2CCC(=O)NC2=O)cc1. The van der Waals surface area contributed by atoms with Crippen molar-refractivity contribution < 1.29 is 44.4 Å². The number of carbonyl (C=O) groups is 3. The van der Waals surface area contributed by atoms with Gasteiger partial charge in [-0.15, -0.1) is 11.8 Å². The first-order valence-electron chi connectivity index (χ1n) is 27.6. The van der Waals surface area contributed by atoms with Gasteiger partial charge in [-0.1, -0.05) is 73.5 Å². The molecule has 5 aromatic rings. The number of alkyl halides is 3. The monoisotopic (exact) mass is 1200 g/mol. The van der Waals surface area contributed by atoms with E-state index in [2.05, 4.69) is 70.1 Å². The number of urea groups is 1. The zero-order chi connectivity index (χ0) is 58.6. The Morgan fingerprint density at radius 1 is 0.793 bits per heavy atom. The number of benzene rings is 5. The zero-order valence-electron chi connectivity index (χ0n) is 46.4. The molecule has 3 saturated heterocycles. The summed E-state index contributed by atoms with van der Waals surface area (Å²) < 4.78 is 99.9. The van der Waals surface area contributed by atoms with E-state index in [0.29, 0.717) is 61.7 Å². The first-order valence-corrected chi connectivity index (χ1v) is 31.9. The van der Waals surface area contributed by atoms with Crippen molar-refractivity contribution in [1.82, 2.24) is 24.7 Å². The van der Waals surface area contributed by atoms with Crippen LogP contribution in [0.2, 0.25) is 5.02 Å². The molecule has 0 bridgehead atoms. The van der Waals surface area contributed by atoms with Gasteiger partial charge in [-0.05, 0) is 141 Å². The number of rotatable bonds is 19. The second-order valence-corrected chi connectivity index (χ2v) is 27.7. The normalized spacial score (nSPS) is 20.1. The highest BCUT2D eigenvalue weighted by Gasteiger charge is 2.49. The lowest BCUT2D eigenvalue weighted by molar-refractivity contribution is -0.120. The molecule has 5 aromatic carbocycles. The van der Waals surface area contributed by atoms with Gasteiger partial charge in [0, 0.05) is 123 Å². The minimum Gasteiger partial charge on any atom is -0.380 e. The fraction of sp³-hybridized carbons (Fsp3) is 0.417. The van der Waals surface area contributed by atoms with Gasteiger partial charge >= 0.3 is 11.5 Å². The molecule has 2 unspecified atom stereocenters. The van der Waals surface area contributed by atoms with Crippen molar-refractivity contribution in [2.45, 2.75) is 105 Å². The van der Waals surface area contributed by atoms with Crippen molar-refractivity contribution in [2.75, 3.05) is 79.8 Å². The number of nitrogens with zero attached hydrogens (tertiary/aromatic N) is 5. The van der Waals surface area contributed by atoms with Gasteiger partial charge in [0.2, 0.25) is 5.91 Å². The number of amides is 4. The summed E-state index contributed by atoms with van der Waals surface area (Å²) in [5.74, 6) is -1.02. The summed E-state index contributed by atoms with van der Waals surface area (Å²) in [7, 11) is -11.0. The molecule has 0 radical (unpaired) electrons. The van der Waals surface area contributed by atoms with Crippen molar-refractivity contribution in [3.63, 3.8) is 0 Å². The maximum absolute atomic E-state index is 14.5. The maximum Gasteiger partial charge on any atom is 0.501 e. The Hall–Kier alpha value is -5.94. The molecule has 3 heterocycles. The molecule has 82 heavy (non-hydrogen) atoms. The van der Waals surface area contributed by atoms with Crippen LogP contribution in [0.4, 0.5) is 35.0 Å². The maximum atomic E-state index is 14.5. The highest BCUT2D eigenvalue weighted by molar-refractivity contribution is 7.99. The van der Waals surface area contributed by atoms with Crippen LogP contribution in [-0.4, -0.2) is 138 Å². The Morgan fingerprint density at radius 2 is 1.45 bits per heavy atom. The van der Waals surface area contributed by atoms with E-state index in [4.69, 9.17) is 11.6 Å². The molecule has 9 rings (SSSR count). The second kappa shape index (κ2) is 25.5. The Kier molecular flexibility index (Phi) is 18.9. The van der Waals surface area contributed by atoms with E-state index in [1.54, 1.807) is 12.1 Å². The number of thioether (sulfide) groups is 1. The van der Waals surface area contributed by atoms with E-state index >= 15 is 0 Å². The van der Waals surface area contributed by atoms with Gasteiger partial charge in [0.15, 0.2) is 0 Å². The highest BCUT2D eigenvalue weighted by atomic mass is 35.5. The van der Waals surface area contributed by atoms with E-state index in [1.807, 2.05) is 71.5 Å². The Labute approximate surface area is 488 Å². The predicted octanol–water partition coefficient (Wildman–Crippen LogP) is 10.5. The smallest absolute Gasteiger partial charge is 0.380 e. The molecular weight excluding hydrogens is 1130 g/mol. The van der Waals surface area contributed by atoms with E-state index < -0.39 is 58.8 Å². The Bertz CT molecular complexity index is 3350. The average Bonchev–Trinajstić information content (AvgIpc) is 3.59. The van der Waals surface area contributed by atoms with E-state index in [0.717, 1.165) is 80.3 Å². The number of hydrogen-bond donors (Lipinski definition) is 3. The predicted molar refractivity (Wildman–Crippen MR) is 317 cm³/mol. The third-order valence-corrected chi connectivity index (χ3v) is 20.2. The van der Waals surface area contributed by atoms with E-state index in [9.17, 15) is 44.4 Å². The van der Waals surface area contributed by atoms with Gasteiger partial charge < -0.3 is 15.1 Å². The topological polar surface area (TPSA) is 172 Å². The molecule has 4 amide bonds. The van der Waals surface area contributed by atoms with Crippen LogP contribution in [0.3, 0.4) is 0 Å². The number of halogens is 4. The second-order valence-electron chi connectivity index (χ2n) is 22.6. The van der Waals surface area contributed by atoms with Gasteiger partial charge in [0.1, 0.15) is 4.90 Å². The van der Waals surface area contributed by atoms with Crippen molar-refractivity contribution in [2.24, 2.45) is 5.41 Å². The number of hydrogen-bond acceptors (Lipinski definition) is 13. The lowest BCUT2D eigenvalue weighted by Gasteiger charge is -2.45. The molecule has 438 valence electrons. The van der Waals surface area contributed by atoms with Gasteiger partial charge in [0.25, 0.3) is 25.8 Å². The van der Waals surface area contributed by atoms with Gasteiger partial charge in [-0.25, -0.2) is 26.4 Å². The summed E-state index contributed by atoms with van der Waals surface area (Å²) in [6.45, 7) is 15.6. The van der Waals surface area contributed by atoms with E-state index in [1.165, 1.54) is 45.5 Å². The molecule has 0 aromatic heterocycles. The third kappa shape index (κ3) is 14.9. The summed E-state index contributed by atoms with van der Waals surface area (Å²) in [5.41, 5.74) is 0.569. The van der Waals surface area contributed by atoms with Crippen LogP contribution in [0.15, 0.2) is 142 Å². The molecule has 0 saturated carbocycles. The van der Waals surface area contributed by atoms with Crippen molar-refractivity contribution in [1.29, 1.82) is 0 Å². The largest absolute Gasteiger partial charge is 0.501 e. The van der Waals surface area contributed by atoms with Crippen LogP contribution in [-0.2, 0) is 31.2 Å². The van der Waals surface area contributed by atoms with Crippen molar-refractivity contribution >= 4 is 83.7 Å². The number of carbonyl (C=O) groups excluding carboxylic acids is 3. The minimum absolute atomic E-state index is 0.0187. The van der Waals surface area contributed by atoms with Crippen LogP contribution in [0.5, 0.6) is 0 Å². The number of sulfone groups is 1. The van der Waals surface area contributed by atoms with Crippen molar-refractivity contribution in [3.8, 4) is 0 Å². The summed E-state index contributed by atoms with van der Waals surface area (Å²) in [6.07, 6.45) is 3.73. The van der Waals surface area contributed by atoms with Crippen LogP contribution in [0.1, 0.15) is 81.3 Å². The lowest BCUT2D eigenvalue weighted by Crippen LogP contribution is -2.56. The first kappa shape index (κ1) is 60.6. The molecule has 3 fully saturated rings. The third-order valence-electron chi connectivity index (χ3n) is 15.9. The molecular formula is C60H70ClF3N8O7S3. The van der Waals surface area contributed by atoms with Crippen LogP contribution in [0, 0.1) is 5.41 Å². The summed E-state index contributed by atoms with van der Waals surface area (Å²) >= 11 is 7.65. The summed E-state index contributed by atoms with van der Waals surface area (Å²) in [4.78, 5) is 47.2. The van der Waals surface area contributed by atoms with Gasteiger partial charge in [-0.2, -0.15) is 13.2 Å². The average molecular weight is 1200 g/mol. The Balaban J connectivity index is 0.843. The van der Waals surface area contributed by atoms with Crippen LogP contribution >= 0.6 is 23.4 Å². The number of piperazine rings is 2. The number of allylic oxidation sites excluding steroid dienone is 1. The van der Waals surface area contributed by atoms with Gasteiger partial charge in [0.05, 0.1) is 10.6 Å². The fourth-order valence-corrected chi connectivity index (χ4v) is 14.6. The number of nitrogens with one attached hydrogen (secondary N) is 3. The first-order chi connectivity index (χ1) is 38.9. The zero-order valence-corrected chi connectivity index (χ0v) is 49.6. The minimum atomic E-state index is -6.13. The Morgan fingerprint density at radius 3 is 2.10 bits per heavy atom. The molecule has 4 aliphatic rings. The number of sulfonamides is 1. The molecule has 3 atom stereocenters. The van der Waals surface area contributed by atoms with Crippen LogP contribution in [0.25, 0.3) is 5.57 Å². The molecule has 3 N–H and O–H groups in total. The molecule has 1 aliphatic carbocycles. The summed E-state index contributed by atoms with van der Waals surface area (Å²) in [6, 6.07) is 33.1. The highest BCUT2D eigenvalue weighted by Crippen LogP contribution is 2.43. The fourth-order valence-electron chi connectivity index (χ4n) is 11.4. The molecule has 15 nitrogen and oxygen atoms in total. The van der Waals surface area contributed by atoms with E-state index in [-0.39, 0.29) is 35.4 Å². The number of imide groups is 1. The lowest BCUT2D eigenvalue weighted by atomic mass is 9.73. The quantitative estimate of drug-likeness (QED) is 0.0668. The molecule has 22 heteroatoms. The summed E-state index contributed by atoms with van der Waals surface area (Å²) in [5, 5.41) is 6.12.